The van der Waals surface area contributed by atoms with E-state index in [9.17, 15) is 4.39 Å². The van der Waals surface area contributed by atoms with Crippen LogP contribution in [0.3, 0.4) is 0 Å². The van der Waals surface area contributed by atoms with Crippen molar-refractivity contribution in [2.24, 2.45) is 0 Å². The summed E-state index contributed by atoms with van der Waals surface area (Å²) < 4.78 is 15.4. The molecule has 0 fully saturated rings. The van der Waals surface area contributed by atoms with E-state index in [4.69, 9.17) is 11.6 Å². The van der Waals surface area contributed by atoms with Gasteiger partial charge in [0.1, 0.15) is 5.82 Å². The Balaban J connectivity index is 1.85. The van der Waals surface area contributed by atoms with E-state index in [1.165, 1.54) is 12.1 Å². The molecule has 4 rings (SSSR count). The summed E-state index contributed by atoms with van der Waals surface area (Å²) in [6, 6.07) is 23.1. The molecule has 0 spiro atoms. The van der Waals surface area contributed by atoms with Crippen molar-refractivity contribution in [1.82, 2.24) is 0 Å². The first kappa shape index (κ1) is 15.1. The van der Waals surface area contributed by atoms with Gasteiger partial charge in [-0.05, 0) is 29.8 Å². The number of aromatic nitrogens is 1. The van der Waals surface area contributed by atoms with E-state index in [-0.39, 0.29) is 5.82 Å². The summed E-state index contributed by atoms with van der Waals surface area (Å²) in [6.45, 7) is 0.809. The van der Waals surface area contributed by atoms with Crippen molar-refractivity contribution >= 4 is 33.4 Å². The Labute approximate surface area is 144 Å². The van der Waals surface area contributed by atoms with Crippen molar-refractivity contribution in [3.63, 3.8) is 0 Å². The molecule has 3 heteroatoms. The van der Waals surface area contributed by atoms with E-state index < -0.39 is 0 Å². The van der Waals surface area contributed by atoms with Gasteiger partial charge in [0.15, 0.2) is 6.54 Å². The highest BCUT2D eigenvalue weighted by atomic mass is 35.5. The number of nitrogens with zero attached hydrogens (tertiary/aromatic N) is 1. The molecule has 0 radical (unpaired) electrons. The number of rotatable bonds is 3. The fraction of sp³-hybridized carbons (Fsp3) is 0.0952. The van der Waals surface area contributed by atoms with Crippen LogP contribution in [0.15, 0.2) is 72.8 Å². The third kappa shape index (κ3) is 2.63. The molecule has 1 nitrogen and oxygen atoms in total. The summed E-state index contributed by atoms with van der Waals surface area (Å²) in [5.74, 6) is -0.200. The molecule has 4 aromatic rings. The Morgan fingerprint density at radius 1 is 0.750 bits per heavy atom. The lowest BCUT2D eigenvalue weighted by molar-refractivity contribution is -0.644. The van der Waals surface area contributed by atoms with Crippen LogP contribution in [0.1, 0.15) is 5.56 Å². The van der Waals surface area contributed by atoms with Crippen molar-refractivity contribution in [3.8, 4) is 0 Å². The third-order valence-electron chi connectivity index (χ3n) is 4.40. The van der Waals surface area contributed by atoms with E-state index in [2.05, 4.69) is 28.8 Å². The fourth-order valence-electron chi connectivity index (χ4n) is 3.20. The molecule has 0 atom stereocenters. The first-order chi connectivity index (χ1) is 11.7. The lowest BCUT2D eigenvalue weighted by Gasteiger charge is -2.08. The molecular weight excluding hydrogens is 321 g/mol. The van der Waals surface area contributed by atoms with Crippen LogP contribution in [0.5, 0.6) is 0 Å². The zero-order valence-electron chi connectivity index (χ0n) is 13.0. The second-order valence-corrected chi connectivity index (χ2v) is 6.25. The number of fused-ring (bicyclic) bond motifs is 2. The topological polar surface area (TPSA) is 3.88 Å². The molecule has 3 aromatic carbocycles. The highest BCUT2D eigenvalue weighted by Crippen LogP contribution is 2.29. The highest BCUT2D eigenvalue weighted by molar-refractivity contribution is 6.39. The van der Waals surface area contributed by atoms with Gasteiger partial charge in [0.2, 0.25) is 11.0 Å². The van der Waals surface area contributed by atoms with Crippen LogP contribution in [0.4, 0.5) is 4.39 Å². The van der Waals surface area contributed by atoms with Gasteiger partial charge in [0.05, 0.1) is 15.8 Å². The lowest BCUT2D eigenvalue weighted by Crippen LogP contribution is -2.36. The first-order valence-electron chi connectivity index (χ1n) is 7.97. The third-order valence-corrected chi connectivity index (χ3v) is 4.81. The summed E-state index contributed by atoms with van der Waals surface area (Å²) >= 11 is 6.63. The smallest absolute Gasteiger partial charge is 0.207 e. The van der Waals surface area contributed by atoms with Crippen LogP contribution in [-0.4, -0.2) is 0 Å². The Kier molecular flexibility index (Phi) is 3.91. The Morgan fingerprint density at radius 2 is 1.29 bits per heavy atom. The Bertz CT molecular complexity index is 968. The van der Waals surface area contributed by atoms with Crippen molar-refractivity contribution in [2.45, 2.75) is 13.0 Å². The molecule has 118 valence electrons. The molecule has 1 heterocycles. The van der Waals surface area contributed by atoms with Gasteiger partial charge in [-0.2, -0.15) is 4.57 Å². The standard InChI is InChI=1S/C21H16ClFN/c22-21-17-5-1-3-7-19(17)24(20-8-4-2-6-18(20)21)14-13-15-9-11-16(23)12-10-15/h1-12H,13-14H2/q+1. The van der Waals surface area contributed by atoms with Crippen LogP contribution in [-0.2, 0) is 13.0 Å². The molecule has 0 unspecified atom stereocenters. The van der Waals surface area contributed by atoms with Gasteiger partial charge in [-0.3, -0.25) is 0 Å². The van der Waals surface area contributed by atoms with E-state index in [1.54, 1.807) is 0 Å². The van der Waals surface area contributed by atoms with Gasteiger partial charge in [0.25, 0.3) is 0 Å². The van der Waals surface area contributed by atoms with Gasteiger partial charge in [-0.25, -0.2) is 4.39 Å². The van der Waals surface area contributed by atoms with Crippen LogP contribution in [0.2, 0.25) is 5.02 Å². The fourth-order valence-corrected chi connectivity index (χ4v) is 3.52. The normalized spacial score (nSPS) is 11.2. The quantitative estimate of drug-likeness (QED) is 0.352. The second-order valence-electron chi connectivity index (χ2n) is 5.88. The minimum Gasteiger partial charge on any atom is -0.207 e. The lowest BCUT2D eigenvalue weighted by atomic mass is 10.1. The van der Waals surface area contributed by atoms with Crippen LogP contribution < -0.4 is 4.57 Å². The minimum atomic E-state index is -0.200. The highest BCUT2D eigenvalue weighted by Gasteiger charge is 2.18. The molecular formula is C21H16ClFN+. The van der Waals surface area contributed by atoms with Crippen LogP contribution in [0, 0.1) is 5.82 Å². The number of halogens is 2. The van der Waals surface area contributed by atoms with Crippen molar-refractivity contribution in [1.29, 1.82) is 0 Å². The summed E-state index contributed by atoms with van der Waals surface area (Å²) in [4.78, 5) is 0. The average Bonchev–Trinajstić information content (AvgIpc) is 2.63. The number of benzene rings is 3. The van der Waals surface area contributed by atoms with E-state index >= 15 is 0 Å². The number of pyridine rings is 1. The molecule has 24 heavy (non-hydrogen) atoms. The summed E-state index contributed by atoms with van der Waals surface area (Å²) in [7, 11) is 0. The Morgan fingerprint density at radius 3 is 1.88 bits per heavy atom. The van der Waals surface area contributed by atoms with Gasteiger partial charge in [-0.15, -0.1) is 0 Å². The van der Waals surface area contributed by atoms with E-state index in [1.807, 2.05) is 36.4 Å². The van der Waals surface area contributed by atoms with Gasteiger partial charge < -0.3 is 0 Å². The first-order valence-corrected chi connectivity index (χ1v) is 8.35. The molecule has 0 aliphatic carbocycles. The summed E-state index contributed by atoms with van der Waals surface area (Å²) in [6.07, 6.45) is 0.834. The molecule has 0 saturated carbocycles. The summed E-state index contributed by atoms with van der Waals surface area (Å²) in [5, 5.41) is 2.90. The maximum absolute atomic E-state index is 13.1. The largest absolute Gasteiger partial charge is 0.214 e. The van der Waals surface area contributed by atoms with E-state index in [0.29, 0.717) is 0 Å². The van der Waals surface area contributed by atoms with Crippen LogP contribution in [0.25, 0.3) is 21.8 Å². The predicted octanol–water partition coefficient (Wildman–Crippen LogP) is 5.32. The monoisotopic (exact) mass is 336 g/mol. The van der Waals surface area contributed by atoms with Crippen molar-refractivity contribution in [3.05, 3.63) is 89.2 Å². The molecule has 1 aromatic heterocycles. The van der Waals surface area contributed by atoms with Crippen LogP contribution >= 0.6 is 11.6 Å². The van der Waals surface area contributed by atoms with Gasteiger partial charge in [-0.1, -0.05) is 48.0 Å². The predicted molar refractivity (Wildman–Crippen MR) is 96.8 cm³/mol. The number of para-hydroxylation sites is 2. The van der Waals surface area contributed by atoms with E-state index in [0.717, 1.165) is 45.4 Å². The SMILES string of the molecule is Fc1ccc(CC[n+]2c3ccccc3c(Cl)c3ccccc32)cc1. The number of hydrogen-bond donors (Lipinski definition) is 0. The maximum atomic E-state index is 13.1. The van der Waals surface area contributed by atoms with Crippen molar-refractivity contribution in [2.75, 3.05) is 0 Å². The molecule has 0 bridgehead atoms. The molecule has 0 aliphatic rings. The molecule has 0 N–H and O–H groups in total. The Hall–Kier alpha value is -2.45. The van der Waals surface area contributed by atoms with Gasteiger partial charge >= 0.3 is 0 Å². The average molecular weight is 337 g/mol. The van der Waals surface area contributed by atoms with Crippen molar-refractivity contribution < 1.29 is 8.96 Å². The zero-order valence-corrected chi connectivity index (χ0v) is 13.8. The second kappa shape index (κ2) is 6.21. The number of hydrogen-bond acceptors (Lipinski definition) is 0. The molecule has 0 aliphatic heterocycles. The summed E-state index contributed by atoms with van der Waals surface area (Å²) in [5.41, 5.74) is 3.35. The molecule has 0 amide bonds. The molecule has 0 saturated heterocycles. The van der Waals surface area contributed by atoms with Gasteiger partial charge in [0, 0.05) is 18.6 Å². The zero-order chi connectivity index (χ0) is 16.5. The number of aryl methyl sites for hydroxylation is 2. The maximum Gasteiger partial charge on any atom is 0.214 e. The minimum absolute atomic E-state index is 0.200.